The lowest BCUT2D eigenvalue weighted by Crippen LogP contribution is -2.43. The molecule has 0 bridgehead atoms. The normalized spacial score (nSPS) is 10.4. The standard InChI is InChI=1S/C14H13Cl2N2O2/c1-10-12(15)7-11(8-13(10)16)18(20)14(19)9-17-5-3-2-4-6-17/h2-8,20H,9H2,1H3/q+1. The Balaban J connectivity index is 2.19. The number of halogens is 2. The summed E-state index contributed by atoms with van der Waals surface area (Å²) in [7, 11) is 0. The van der Waals surface area contributed by atoms with E-state index in [1.165, 1.54) is 12.1 Å². The van der Waals surface area contributed by atoms with Gasteiger partial charge >= 0.3 is 5.91 Å². The van der Waals surface area contributed by atoms with Crippen molar-refractivity contribution >= 4 is 34.8 Å². The molecule has 1 aromatic carbocycles. The van der Waals surface area contributed by atoms with Gasteiger partial charge in [-0.2, -0.15) is 9.63 Å². The predicted octanol–water partition coefficient (Wildman–Crippen LogP) is 3.01. The molecule has 0 saturated heterocycles. The lowest BCUT2D eigenvalue weighted by molar-refractivity contribution is -0.684. The fourth-order valence-corrected chi connectivity index (χ4v) is 2.14. The number of aromatic nitrogens is 1. The SMILES string of the molecule is Cc1c(Cl)cc(N(O)C(=O)C[n+]2ccccc2)cc1Cl. The summed E-state index contributed by atoms with van der Waals surface area (Å²) in [5.74, 6) is -0.489. The summed E-state index contributed by atoms with van der Waals surface area (Å²) < 4.78 is 1.66. The summed E-state index contributed by atoms with van der Waals surface area (Å²) in [5, 5.41) is 11.3. The number of benzene rings is 1. The molecule has 0 saturated carbocycles. The van der Waals surface area contributed by atoms with Gasteiger partial charge in [0.25, 0.3) is 0 Å². The van der Waals surface area contributed by atoms with Gasteiger partial charge in [-0.15, -0.1) is 0 Å². The van der Waals surface area contributed by atoms with Gasteiger partial charge in [0, 0.05) is 22.2 Å². The zero-order valence-corrected chi connectivity index (χ0v) is 12.3. The fraction of sp³-hybridized carbons (Fsp3) is 0.143. The van der Waals surface area contributed by atoms with Gasteiger partial charge in [-0.25, -0.2) is 0 Å². The second kappa shape index (κ2) is 6.22. The maximum Gasteiger partial charge on any atom is 0.316 e. The maximum absolute atomic E-state index is 12.0. The first-order chi connectivity index (χ1) is 9.49. The smallest absolute Gasteiger partial charge is 0.281 e. The highest BCUT2D eigenvalue weighted by Gasteiger charge is 2.19. The molecule has 0 aliphatic carbocycles. The van der Waals surface area contributed by atoms with Crippen LogP contribution in [0.3, 0.4) is 0 Å². The molecule has 6 heteroatoms. The lowest BCUT2D eigenvalue weighted by Gasteiger charge is -2.15. The Morgan fingerprint density at radius 2 is 1.75 bits per heavy atom. The van der Waals surface area contributed by atoms with Crippen molar-refractivity contribution in [2.75, 3.05) is 5.06 Å². The van der Waals surface area contributed by atoms with Gasteiger partial charge in [-0.3, -0.25) is 10.0 Å². The molecule has 104 valence electrons. The van der Waals surface area contributed by atoms with E-state index in [9.17, 15) is 10.0 Å². The molecule has 0 aliphatic heterocycles. The topological polar surface area (TPSA) is 44.4 Å². The molecule has 0 unspecified atom stereocenters. The highest BCUT2D eigenvalue weighted by molar-refractivity contribution is 6.36. The third kappa shape index (κ3) is 3.28. The van der Waals surface area contributed by atoms with E-state index < -0.39 is 5.91 Å². The van der Waals surface area contributed by atoms with Crippen molar-refractivity contribution in [3.63, 3.8) is 0 Å². The molecular weight excluding hydrogens is 299 g/mol. The minimum atomic E-state index is -0.489. The summed E-state index contributed by atoms with van der Waals surface area (Å²) in [5.41, 5.74) is 0.947. The number of carbonyl (C=O) groups is 1. The molecule has 1 N–H and O–H groups in total. The number of anilines is 1. The Morgan fingerprint density at radius 1 is 1.20 bits per heavy atom. The first-order valence-corrected chi connectivity index (χ1v) is 6.66. The number of carbonyl (C=O) groups excluding carboxylic acids is 1. The van der Waals surface area contributed by atoms with Crippen LogP contribution in [0.5, 0.6) is 0 Å². The van der Waals surface area contributed by atoms with Crippen LogP contribution in [-0.4, -0.2) is 11.1 Å². The number of hydrogen-bond acceptors (Lipinski definition) is 2. The summed E-state index contributed by atoms with van der Waals surface area (Å²) in [6.07, 6.45) is 3.47. The quantitative estimate of drug-likeness (QED) is 0.538. The zero-order chi connectivity index (χ0) is 14.7. The van der Waals surface area contributed by atoms with E-state index in [-0.39, 0.29) is 12.2 Å². The first-order valence-electron chi connectivity index (χ1n) is 5.90. The largest absolute Gasteiger partial charge is 0.316 e. The van der Waals surface area contributed by atoms with Gasteiger partial charge in [-0.1, -0.05) is 29.3 Å². The summed E-state index contributed by atoms with van der Waals surface area (Å²) in [6, 6.07) is 8.44. The van der Waals surface area contributed by atoms with Gasteiger partial charge < -0.3 is 0 Å². The van der Waals surface area contributed by atoms with Gasteiger partial charge in [0.1, 0.15) is 0 Å². The molecule has 0 spiro atoms. The average Bonchev–Trinajstić information content (AvgIpc) is 2.44. The van der Waals surface area contributed by atoms with Crippen molar-refractivity contribution in [2.24, 2.45) is 0 Å². The van der Waals surface area contributed by atoms with Gasteiger partial charge in [0.15, 0.2) is 12.4 Å². The molecule has 0 fully saturated rings. The predicted molar refractivity (Wildman–Crippen MR) is 77.1 cm³/mol. The molecule has 2 aromatic rings. The van der Waals surface area contributed by atoms with E-state index in [1.807, 2.05) is 6.07 Å². The number of pyridine rings is 1. The number of nitrogens with zero attached hydrogens (tertiary/aromatic N) is 2. The van der Waals surface area contributed by atoms with Crippen molar-refractivity contribution in [1.82, 2.24) is 0 Å². The highest BCUT2D eigenvalue weighted by Crippen LogP contribution is 2.29. The van der Waals surface area contributed by atoms with Crippen LogP contribution in [0.25, 0.3) is 0 Å². The van der Waals surface area contributed by atoms with Crippen molar-refractivity contribution in [2.45, 2.75) is 13.5 Å². The number of hydroxylamine groups is 1. The highest BCUT2D eigenvalue weighted by atomic mass is 35.5. The average molecular weight is 312 g/mol. The van der Waals surface area contributed by atoms with E-state index in [0.29, 0.717) is 20.7 Å². The third-order valence-electron chi connectivity index (χ3n) is 2.84. The third-order valence-corrected chi connectivity index (χ3v) is 3.63. The number of rotatable bonds is 3. The van der Waals surface area contributed by atoms with E-state index in [1.54, 1.807) is 36.0 Å². The van der Waals surface area contributed by atoms with E-state index in [2.05, 4.69) is 0 Å². The summed E-state index contributed by atoms with van der Waals surface area (Å²) in [6.45, 7) is 1.78. The lowest BCUT2D eigenvalue weighted by atomic mass is 10.2. The summed E-state index contributed by atoms with van der Waals surface area (Å²) in [4.78, 5) is 12.0. The van der Waals surface area contributed by atoms with Crippen LogP contribution in [0, 0.1) is 6.92 Å². The monoisotopic (exact) mass is 311 g/mol. The van der Waals surface area contributed by atoms with E-state index in [0.717, 1.165) is 0 Å². The molecule has 4 nitrogen and oxygen atoms in total. The molecule has 1 aromatic heterocycles. The van der Waals surface area contributed by atoms with Crippen molar-refractivity contribution in [3.8, 4) is 0 Å². The Kier molecular flexibility index (Phi) is 4.60. The Bertz CT molecular complexity index is 609. The van der Waals surface area contributed by atoms with Crippen molar-refractivity contribution < 1.29 is 14.6 Å². The molecule has 20 heavy (non-hydrogen) atoms. The molecule has 1 amide bonds. The minimum absolute atomic E-state index is 0.0143. The molecule has 0 aliphatic rings. The Hall–Kier alpha value is -1.62. The maximum atomic E-state index is 12.0. The Labute approximate surface area is 126 Å². The molecule has 1 heterocycles. The number of amides is 1. The minimum Gasteiger partial charge on any atom is -0.281 e. The van der Waals surface area contributed by atoms with Crippen LogP contribution >= 0.6 is 23.2 Å². The van der Waals surface area contributed by atoms with Gasteiger partial charge in [-0.05, 0) is 24.6 Å². The fourth-order valence-electron chi connectivity index (χ4n) is 1.66. The van der Waals surface area contributed by atoms with E-state index in [4.69, 9.17) is 23.2 Å². The molecule has 0 radical (unpaired) electrons. The molecule has 0 atom stereocenters. The van der Waals surface area contributed by atoms with Gasteiger partial charge in [0.05, 0.1) is 5.69 Å². The van der Waals surface area contributed by atoms with Crippen molar-refractivity contribution in [3.05, 3.63) is 58.3 Å². The van der Waals surface area contributed by atoms with Crippen LogP contribution in [-0.2, 0) is 11.3 Å². The Morgan fingerprint density at radius 3 is 2.30 bits per heavy atom. The summed E-state index contributed by atoms with van der Waals surface area (Å²) >= 11 is 12.0. The van der Waals surface area contributed by atoms with Gasteiger partial charge in [0.2, 0.25) is 6.54 Å². The van der Waals surface area contributed by atoms with Crippen LogP contribution in [0.4, 0.5) is 5.69 Å². The molecular formula is C14H13Cl2N2O2+. The van der Waals surface area contributed by atoms with Crippen LogP contribution in [0.15, 0.2) is 42.7 Å². The van der Waals surface area contributed by atoms with Crippen LogP contribution in [0.1, 0.15) is 5.56 Å². The number of hydrogen-bond donors (Lipinski definition) is 1. The first kappa shape index (κ1) is 14.8. The second-order valence-electron chi connectivity index (χ2n) is 4.29. The van der Waals surface area contributed by atoms with E-state index >= 15 is 0 Å². The zero-order valence-electron chi connectivity index (χ0n) is 10.8. The van der Waals surface area contributed by atoms with Crippen LogP contribution < -0.4 is 9.63 Å². The van der Waals surface area contributed by atoms with Crippen molar-refractivity contribution in [1.29, 1.82) is 0 Å². The molecule has 2 rings (SSSR count). The second-order valence-corrected chi connectivity index (χ2v) is 5.10. The van der Waals surface area contributed by atoms with Crippen LogP contribution in [0.2, 0.25) is 10.0 Å².